The van der Waals surface area contributed by atoms with Crippen molar-refractivity contribution in [3.8, 4) is 0 Å². The Hall–Kier alpha value is -0.390. The fraction of sp³-hybridized carbons (Fsp3) is 0.412. The Labute approximate surface area is 155 Å². The molecule has 0 aliphatic carbocycles. The van der Waals surface area contributed by atoms with E-state index in [4.69, 9.17) is 0 Å². The number of aryl methyl sites for hydroxylation is 1. The van der Waals surface area contributed by atoms with Gasteiger partial charge < -0.3 is 4.55 Å². The van der Waals surface area contributed by atoms with Gasteiger partial charge in [0.25, 0.3) is 0 Å². The second-order valence-electron chi connectivity index (χ2n) is 5.46. The summed E-state index contributed by atoms with van der Waals surface area (Å²) in [7, 11) is -4.38. The van der Waals surface area contributed by atoms with Crippen molar-refractivity contribution in [2.75, 3.05) is 0 Å². The van der Waals surface area contributed by atoms with Crippen LogP contribution in [0.4, 0.5) is 0 Å². The molecule has 0 aliphatic rings. The van der Waals surface area contributed by atoms with Gasteiger partial charge in [0.1, 0.15) is 10.1 Å². The summed E-state index contributed by atoms with van der Waals surface area (Å²) in [6.45, 7) is 2.21. The standard InChI is InChI=1S/C17H22O3S.Na/c1-2-3-4-5-6-7-14-8-9-16-13-17(21(18,19)20)11-10-15(16)12-14;/h8-13H,2-7H2,1H3,(H,18,19,20);/q;+1/p-1. The van der Waals surface area contributed by atoms with Crippen molar-refractivity contribution in [1.29, 1.82) is 0 Å². The molecule has 5 heteroatoms. The number of unbranched alkanes of at least 4 members (excludes halogenated alkanes) is 4. The van der Waals surface area contributed by atoms with Crippen LogP contribution in [0.25, 0.3) is 10.8 Å². The normalized spacial score (nSPS) is 11.4. The van der Waals surface area contributed by atoms with Gasteiger partial charge in [-0.15, -0.1) is 0 Å². The zero-order chi connectivity index (χ0) is 15.3. The van der Waals surface area contributed by atoms with E-state index in [1.165, 1.54) is 49.8 Å². The first-order valence-corrected chi connectivity index (χ1v) is 8.90. The molecule has 0 amide bonds. The largest absolute Gasteiger partial charge is 1.00 e. The van der Waals surface area contributed by atoms with Gasteiger partial charge in [-0.1, -0.05) is 56.9 Å². The molecule has 0 radical (unpaired) electrons. The van der Waals surface area contributed by atoms with Crippen LogP contribution in [0.5, 0.6) is 0 Å². The molecular formula is C17H21NaO3S. The Morgan fingerprint density at radius 1 is 0.909 bits per heavy atom. The minimum Gasteiger partial charge on any atom is -0.744 e. The topological polar surface area (TPSA) is 57.2 Å². The smallest absolute Gasteiger partial charge is 0.744 e. The number of rotatable bonds is 7. The van der Waals surface area contributed by atoms with Gasteiger partial charge in [0.15, 0.2) is 0 Å². The number of benzene rings is 2. The van der Waals surface area contributed by atoms with Crippen molar-refractivity contribution in [3.63, 3.8) is 0 Å². The van der Waals surface area contributed by atoms with E-state index in [0.717, 1.165) is 17.2 Å². The molecule has 3 nitrogen and oxygen atoms in total. The molecule has 0 aromatic heterocycles. The summed E-state index contributed by atoms with van der Waals surface area (Å²) in [5.41, 5.74) is 1.26. The van der Waals surface area contributed by atoms with Crippen LogP contribution < -0.4 is 29.6 Å². The summed E-state index contributed by atoms with van der Waals surface area (Å²) < 4.78 is 33.0. The number of hydrogen-bond acceptors (Lipinski definition) is 3. The van der Waals surface area contributed by atoms with Crippen LogP contribution >= 0.6 is 0 Å². The zero-order valence-electron chi connectivity index (χ0n) is 13.3. The van der Waals surface area contributed by atoms with Crippen molar-refractivity contribution in [2.45, 2.75) is 50.3 Å². The van der Waals surface area contributed by atoms with Crippen molar-refractivity contribution < 1.29 is 42.5 Å². The predicted molar refractivity (Wildman–Crippen MR) is 84.4 cm³/mol. The molecule has 0 bridgehead atoms. The van der Waals surface area contributed by atoms with Crippen molar-refractivity contribution >= 4 is 20.9 Å². The maximum atomic E-state index is 11.0. The maximum Gasteiger partial charge on any atom is 1.00 e. The molecule has 0 saturated heterocycles. The fourth-order valence-electron chi connectivity index (χ4n) is 2.52. The monoisotopic (exact) mass is 328 g/mol. The molecule has 0 N–H and O–H groups in total. The van der Waals surface area contributed by atoms with E-state index >= 15 is 0 Å². The SMILES string of the molecule is CCCCCCCc1ccc2cc(S(=O)(=O)[O-])ccc2c1.[Na+]. The van der Waals surface area contributed by atoms with E-state index in [1.807, 2.05) is 12.1 Å². The molecule has 0 aliphatic heterocycles. The summed E-state index contributed by atoms with van der Waals surface area (Å²) in [4.78, 5) is -0.165. The Kier molecular flexibility index (Phi) is 8.08. The van der Waals surface area contributed by atoms with E-state index in [2.05, 4.69) is 13.0 Å². The third-order valence-electron chi connectivity index (χ3n) is 3.73. The molecule has 2 aromatic carbocycles. The fourth-order valence-corrected chi connectivity index (χ4v) is 3.02. The first-order valence-electron chi connectivity index (χ1n) is 7.49. The Balaban J connectivity index is 0.00000242. The first kappa shape index (κ1) is 19.7. The van der Waals surface area contributed by atoms with Crippen molar-refractivity contribution in [2.24, 2.45) is 0 Å². The molecule has 2 aromatic rings. The van der Waals surface area contributed by atoms with Crippen LogP contribution in [0.1, 0.15) is 44.6 Å². The van der Waals surface area contributed by atoms with Gasteiger partial charge in [0, 0.05) is 0 Å². The van der Waals surface area contributed by atoms with Gasteiger partial charge in [-0.25, -0.2) is 8.42 Å². The van der Waals surface area contributed by atoms with Crippen LogP contribution in [-0.2, 0) is 16.5 Å². The Bertz CT molecular complexity index is 711. The van der Waals surface area contributed by atoms with Gasteiger partial charge in [-0.05, 0) is 41.3 Å². The zero-order valence-corrected chi connectivity index (χ0v) is 16.2. The molecule has 22 heavy (non-hydrogen) atoms. The van der Waals surface area contributed by atoms with E-state index in [-0.39, 0.29) is 34.5 Å². The summed E-state index contributed by atoms with van der Waals surface area (Å²) >= 11 is 0. The molecule has 0 unspecified atom stereocenters. The third-order valence-corrected chi connectivity index (χ3v) is 4.57. The van der Waals surface area contributed by atoms with Gasteiger partial charge >= 0.3 is 29.6 Å². The minimum atomic E-state index is -4.38. The molecule has 0 heterocycles. The number of hydrogen-bond donors (Lipinski definition) is 0. The van der Waals surface area contributed by atoms with E-state index in [0.29, 0.717) is 0 Å². The minimum absolute atomic E-state index is 0. The molecular weight excluding hydrogens is 307 g/mol. The molecule has 0 fully saturated rings. The first-order chi connectivity index (χ1) is 10.0. The number of fused-ring (bicyclic) bond motifs is 1. The van der Waals surface area contributed by atoms with Crippen molar-refractivity contribution in [1.82, 2.24) is 0 Å². The maximum absolute atomic E-state index is 11.0. The van der Waals surface area contributed by atoms with E-state index in [9.17, 15) is 13.0 Å². The average molecular weight is 328 g/mol. The van der Waals surface area contributed by atoms with Crippen molar-refractivity contribution in [3.05, 3.63) is 42.0 Å². The Morgan fingerprint density at radius 3 is 2.23 bits per heavy atom. The summed E-state index contributed by atoms with van der Waals surface area (Å²) in [6, 6.07) is 10.5. The molecule has 0 spiro atoms. The molecule has 0 saturated carbocycles. The van der Waals surface area contributed by atoms with Gasteiger partial charge in [0.05, 0.1) is 4.90 Å². The van der Waals surface area contributed by atoms with Crippen LogP contribution in [0.15, 0.2) is 41.3 Å². The second kappa shape index (κ2) is 9.04. The predicted octanol–water partition coefficient (Wildman–Crippen LogP) is 1.26. The molecule has 2 rings (SSSR count). The summed E-state index contributed by atoms with van der Waals surface area (Å²) in [5, 5.41) is 1.77. The quantitative estimate of drug-likeness (QED) is 0.437. The van der Waals surface area contributed by atoms with Gasteiger partial charge in [-0.3, -0.25) is 0 Å². The van der Waals surface area contributed by atoms with E-state index in [1.54, 1.807) is 6.07 Å². The van der Waals surface area contributed by atoms with Gasteiger partial charge in [-0.2, -0.15) is 0 Å². The average Bonchev–Trinajstić information content (AvgIpc) is 2.45. The summed E-state index contributed by atoms with van der Waals surface area (Å²) in [5.74, 6) is 0. The summed E-state index contributed by atoms with van der Waals surface area (Å²) in [6.07, 6.45) is 7.30. The molecule has 114 valence electrons. The second-order valence-corrected chi connectivity index (χ2v) is 6.84. The van der Waals surface area contributed by atoms with E-state index < -0.39 is 10.1 Å². The Morgan fingerprint density at radius 2 is 1.55 bits per heavy atom. The van der Waals surface area contributed by atoms with Crippen LogP contribution in [0.2, 0.25) is 0 Å². The van der Waals surface area contributed by atoms with Crippen LogP contribution in [0.3, 0.4) is 0 Å². The van der Waals surface area contributed by atoms with Crippen LogP contribution in [0, 0.1) is 0 Å². The van der Waals surface area contributed by atoms with Gasteiger partial charge in [0.2, 0.25) is 0 Å². The molecule has 0 atom stereocenters. The van der Waals surface area contributed by atoms with Crippen LogP contribution in [-0.4, -0.2) is 13.0 Å². The third kappa shape index (κ3) is 5.67.